The quantitative estimate of drug-likeness (QED) is 0.170. The molecule has 0 saturated carbocycles. The number of allylic oxidation sites excluding steroid dienone is 4. The first-order valence-electron chi connectivity index (χ1n) is 12.6. The van der Waals surface area contributed by atoms with Crippen molar-refractivity contribution in [3.8, 4) is 0 Å². The summed E-state index contributed by atoms with van der Waals surface area (Å²) in [5.74, 6) is -1.77. The molecule has 0 saturated heterocycles. The van der Waals surface area contributed by atoms with Gasteiger partial charge in [0.15, 0.2) is 5.82 Å². The summed E-state index contributed by atoms with van der Waals surface area (Å²) in [7, 11) is 0. The Hall–Kier alpha value is -4.70. The number of aromatic nitrogens is 2. The smallest absolute Gasteiger partial charge is 0.251 e. The standard InChI is InChI=1S/C30H29F2N5O3/c1-17(20-7-9-21(31)10-8-20)5-4-6-18(2)30(40)35-22-11-12-23(24(32)15-22)28(39)27-26-25(34-19(3)16-38)13-14-33-29(26)37-36-27/h4-12,15,19,38H,1,13-14,16H2,2-3H3,(H,35,40)(H2,33,36,37)/b5-4-,18-6+,34-25?/t19-/m1/s1. The number of amides is 1. The number of H-pyrrole nitrogens is 1. The monoisotopic (exact) mass is 545 g/mol. The van der Waals surface area contributed by atoms with Crippen LogP contribution in [0.25, 0.3) is 5.57 Å². The normalized spacial score (nSPS) is 15.0. The van der Waals surface area contributed by atoms with E-state index in [-0.39, 0.29) is 35.4 Å². The summed E-state index contributed by atoms with van der Waals surface area (Å²) in [6.07, 6.45) is 5.42. The number of aliphatic hydroxyl groups is 1. The number of aliphatic imine (C=N–C) groups is 1. The predicted molar refractivity (Wildman–Crippen MR) is 152 cm³/mol. The Bertz CT molecular complexity index is 1540. The lowest BCUT2D eigenvalue weighted by atomic mass is 9.98. The van der Waals surface area contributed by atoms with Gasteiger partial charge in [-0.15, -0.1) is 0 Å². The molecule has 0 bridgehead atoms. The van der Waals surface area contributed by atoms with E-state index in [1.54, 1.807) is 44.2 Å². The fourth-order valence-electron chi connectivity index (χ4n) is 4.06. The summed E-state index contributed by atoms with van der Waals surface area (Å²) < 4.78 is 28.2. The molecule has 1 atom stereocenters. The Kier molecular flexibility index (Phi) is 8.80. The Morgan fingerprint density at radius 3 is 2.67 bits per heavy atom. The molecule has 0 fully saturated rings. The number of ketones is 1. The van der Waals surface area contributed by atoms with E-state index in [1.165, 1.54) is 24.3 Å². The van der Waals surface area contributed by atoms with Gasteiger partial charge in [0.25, 0.3) is 5.91 Å². The van der Waals surface area contributed by atoms with E-state index in [1.807, 2.05) is 0 Å². The summed E-state index contributed by atoms with van der Waals surface area (Å²) in [5.41, 5.74) is 2.88. The number of carbonyl (C=O) groups excluding carboxylic acids is 2. The number of hydrogen-bond acceptors (Lipinski definition) is 6. The van der Waals surface area contributed by atoms with Crippen LogP contribution < -0.4 is 10.6 Å². The van der Waals surface area contributed by atoms with E-state index in [0.717, 1.165) is 11.6 Å². The van der Waals surface area contributed by atoms with Crippen LogP contribution in [0.2, 0.25) is 0 Å². The Morgan fingerprint density at radius 1 is 1.23 bits per heavy atom. The number of nitrogens with zero attached hydrogens (tertiary/aromatic N) is 2. The number of hydrogen-bond donors (Lipinski definition) is 4. The van der Waals surface area contributed by atoms with Crippen LogP contribution in [0, 0.1) is 11.6 Å². The highest BCUT2D eigenvalue weighted by Gasteiger charge is 2.28. The molecule has 2 heterocycles. The molecule has 8 nitrogen and oxygen atoms in total. The molecule has 10 heteroatoms. The van der Waals surface area contributed by atoms with E-state index in [2.05, 4.69) is 32.4 Å². The van der Waals surface area contributed by atoms with Gasteiger partial charge in [-0.25, -0.2) is 8.78 Å². The highest BCUT2D eigenvalue weighted by molar-refractivity contribution is 6.18. The third-order valence-corrected chi connectivity index (χ3v) is 6.27. The van der Waals surface area contributed by atoms with Gasteiger partial charge in [0.2, 0.25) is 5.78 Å². The lowest BCUT2D eigenvalue weighted by molar-refractivity contribution is -0.112. The summed E-state index contributed by atoms with van der Waals surface area (Å²) in [4.78, 5) is 30.4. The summed E-state index contributed by atoms with van der Waals surface area (Å²) >= 11 is 0. The first kappa shape index (κ1) is 28.3. The number of nitrogens with one attached hydrogen (secondary N) is 3. The second-order valence-electron chi connectivity index (χ2n) is 9.33. The molecule has 1 aromatic heterocycles. The van der Waals surface area contributed by atoms with Crippen molar-refractivity contribution < 1.29 is 23.5 Å². The van der Waals surface area contributed by atoms with Crippen LogP contribution in [-0.4, -0.2) is 51.9 Å². The van der Waals surface area contributed by atoms with E-state index in [9.17, 15) is 19.1 Å². The number of fused-ring (bicyclic) bond motifs is 1. The number of rotatable bonds is 9. The zero-order chi connectivity index (χ0) is 28.8. The van der Waals surface area contributed by atoms with Crippen molar-refractivity contribution in [3.05, 3.63) is 107 Å². The average Bonchev–Trinajstić information content (AvgIpc) is 3.38. The topological polar surface area (TPSA) is 119 Å². The van der Waals surface area contributed by atoms with Gasteiger partial charge < -0.3 is 15.7 Å². The Labute approximate surface area is 230 Å². The summed E-state index contributed by atoms with van der Waals surface area (Å²) in [6.45, 7) is 7.69. The number of aliphatic hydroxyl groups excluding tert-OH is 1. The second kappa shape index (κ2) is 12.4. The molecule has 3 aromatic rings. The SMILES string of the molecule is C=C(/C=C\C=C(/C)C(=O)Nc1ccc(C(=O)c2[nH]nc3c2C(=N[C@H](C)CO)CCN3)c(F)c1)c1ccc(F)cc1. The van der Waals surface area contributed by atoms with Gasteiger partial charge >= 0.3 is 0 Å². The minimum absolute atomic E-state index is 0.0922. The Balaban J connectivity index is 1.46. The van der Waals surface area contributed by atoms with Crippen LogP contribution in [0.15, 0.2) is 77.8 Å². The molecule has 40 heavy (non-hydrogen) atoms. The zero-order valence-electron chi connectivity index (χ0n) is 22.1. The van der Waals surface area contributed by atoms with Crippen molar-refractivity contribution in [2.24, 2.45) is 4.99 Å². The molecule has 0 aliphatic carbocycles. The number of benzene rings is 2. The largest absolute Gasteiger partial charge is 0.394 e. The maximum atomic E-state index is 15.1. The molecule has 1 aliphatic rings. The number of carbonyl (C=O) groups is 2. The fourth-order valence-corrected chi connectivity index (χ4v) is 4.06. The van der Waals surface area contributed by atoms with E-state index in [4.69, 9.17) is 0 Å². The van der Waals surface area contributed by atoms with Crippen LogP contribution in [0.1, 0.15) is 47.4 Å². The lowest BCUT2D eigenvalue weighted by Crippen LogP contribution is -2.22. The molecule has 0 radical (unpaired) electrons. The van der Waals surface area contributed by atoms with Gasteiger partial charge in [-0.3, -0.25) is 19.7 Å². The molecular formula is C30H29F2N5O3. The van der Waals surface area contributed by atoms with Crippen LogP contribution in [0.3, 0.4) is 0 Å². The molecular weight excluding hydrogens is 516 g/mol. The third-order valence-electron chi connectivity index (χ3n) is 6.27. The minimum Gasteiger partial charge on any atom is -0.394 e. The average molecular weight is 546 g/mol. The van der Waals surface area contributed by atoms with E-state index in [0.29, 0.717) is 41.2 Å². The number of halogens is 2. The van der Waals surface area contributed by atoms with Gasteiger partial charge in [-0.05, 0) is 55.3 Å². The van der Waals surface area contributed by atoms with Gasteiger partial charge in [0.1, 0.15) is 17.3 Å². The van der Waals surface area contributed by atoms with Gasteiger partial charge in [0, 0.05) is 24.2 Å². The predicted octanol–water partition coefficient (Wildman–Crippen LogP) is 5.06. The van der Waals surface area contributed by atoms with Crippen molar-refractivity contribution in [2.75, 3.05) is 23.8 Å². The molecule has 0 spiro atoms. The number of aromatic amines is 1. The highest BCUT2D eigenvalue weighted by atomic mass is 19.1. The molecule has 1 aliphatic heterocycles. The van der Waals surface area contributed by atoms with Gasteiger partial charge in [-0.2, -0.15) is 5.10 Å². The summed E-state index contributed by atoms with van der Waals surface area (Å²) in [5, 5.41) is 21.9. The first-order chi connectivity index (χ1) is 19.2. The third kappa shape index (κ3) is 6.47. The second-order valence-corrected chi connectivity index (χ2v) is 9.33. The fraction of sp³-hybridized carbons (Fsp3) is 0.200. The van der Waals surface area contributed by atoms with Gasteiger partial charge in [0.05, 0.1) is 29.5 Å². The van der Waals surface area contributed by atoms with Crippen LogP contribution in [0.4, 0.5) is 20.3 Å². The first-order valence-corrected chi connectivity index (χ1v) is 12.6. The zero-order valence-corrected chi connectivity index (χ0v) is 22.1. The van der Waals surface area contributed by atoms with Crippen LogP contribution in [-0.2, 0) is 4.79 Å². The van der Waals surface area contributed by atoms with Crippen molar-refractivity contribution >= 4 is 34.5 Å². The molecule has 1 amide bonds. The minimum atomic E-state index is -0.811. The molecule has 2 aromatic carbocycles. The van der Waals surface area contributed by atoms with Crippen molar-refractivity contribution in [1.29, 1.82) is 0 Å². The molecule has 0 unspecified atom stereocenters. The van der Waals surface area contributed by atoms with E-state index >= 15 is 4.39 Å². The summed E-state index contributed by atoms with van der Waals surface area (Å²) in [6, 6.07) is 9.35. The molecule has 4 N–H and O–H groups in total. The molecule has 206 valence electrons. The Morgan fingerprint density at radius 2 is 1.98 bits per heavy atom. The van der Waals surface area contributed by atoms with E-state index < -0.39 is 17.5 Å². The molecule has 4 rings (SSSR count). The van der Waals surface area contributed by atoms with Crippen LogP contribution >= 0.6 is 0 Å². The van der Waals surface area contributed by atoms with Crippen molar-refractivity contribution in [3.63, 3.8) is 0 Å². The van der Waals surface area contributed by atoms with Crippen molar-refractivity contribution in [2.45, 2.75) is 26.3 Å². The maximum absolute atomic E-state index is 15.1. The maximum Gasteiger partial charge on any atom is 0.251 e. The highest BCUT2D eigenvalue weighted by Crippen LogP contribution is 2.27. The lowest BCUT2D eigenvalue weighted by Gasteiger charge is -2.17. The van der Waals surface area contributed by atoms with Gasteiger partial charge in [-0.1, -0.05) is 36.9 Å². The number of anilines is 2. The van der Waals surface area contributed by atoms with Crippen LogP contribution in [0.5, 0.6) is 0 Å². The van der Waals surface area contributed by atoms with Crippen molar-refractivity contribution in [1.82, 2.24) is 10.2 Å².